The van der Waals surface area contributed by atoms with E-state index in [1.807, 2.05) is 0 Å². The third-order valence-corrected chi connectivity index (χ3v) is 13.0. The van der Waals surface area contributed by atoms with E-state index in [9.17, 15) is 59.3 Å². The predicted octanol–water partition coefficient (Wildman–Crippen LogP) is 10.7. The SMILES string of the molecule is COc1ccc(N=Nc2c(S(=O)(=O)O)cc3ccc(N=Nc4c(S(=O)(=O)O)cc5ccc(N=Nc6ccc7c(O)c(N=Nc8ccc(CO)cc8S(=O)(=O)O)ccc7c6)c(O)c5c4N)cc3c2O)cc1. The lowest BCUT2D eigenvalue weighted by Gasteiger charge is -2.12. The third kappa shape index (κ3) is 9.80. The highest BCUT2D eigenvalue weighted by Gasteiger charge is 2.25. The molecule has 26 heteroatoms. The number of aliphatic hydroxyl groups is 1. The number of methoxy groups -OCH3 is 1. The Bertz CT molecular complexity index is 3950. The summed E-state index contributed by atoms with van der Waals surface area (Å²) in [6.45, 7) is -0.494. The van der Waals surface area contributed by atoms with Crippen molar-refractivity contribution in [1.82, 2.24) is 0 Å². The Labute approximate surface area is 395 Å². The molecule has 0 aromatic heterocycles. The molecule has 23 nitrogen and oxygen atoms in total. The number of aromatic hydroxyl groups is 3. The van der Waals surface area contributed by atoms with Crippen molar-refractivity contribution in [2.45, 2.75) is 21.3 Å². The number of phenols is 3. The van der Waals surface area contributed by atoms with Crippen molar-refractivity contribution < 1.29 is 64.1 Å². The molecule has 9 N–H and O–H groups in total. The summed E-state index contributed by atoms with van der Waals surface area (Å²) in [4.78, 5) is -2.15. The van der Waals surface area contributed by atoms with Crippen LogP contribution >= 0.6 is 0 Å². The molecule has 0 fully saturated rings. The first-order valence-corrected chi connectivity index (χ1v) is 24.1. The van der Waals surface area contributed by atoms with E-state index in [-0.39, 0.29) is 72.4 Å². The van der Waals surface area contributed by atoms with E-state index in [0.717, 1.165) is 18.2 Å². The zero-order valence-electron chi connectivity index (χ0n) is 35.5. The molecule has 356 valence electrons. The van der Waals surface area contributed by atoms with Crippen LogP contribution in [0.1, 0.15) is 5.56 Å². The maximum atomic E-state index is 12.6. The predicted molar refractivity (Wildman–Crippen MR) is 253 cm³/mol. The molecule has 0 aliphatic heterocycles. The van der Waals surface area contributed by atoms with Crippen molar-refractivity contribution in [2.75, 3.05) is 12.8 Å². The first-order chi connectivity index (χ1) is 33.1. The van der Waals surface area contributed by atoms with Crippen LogP contribution in [0.3, 0.4) is 0 Å². The fraction of sp³-hybridized carbons (Fsp3) is 0.0455. The van der Waals surface area contributed by atoms with E-state index in [4.69, 9.17) is 10.5 Å². The van der Waals surface area contributed by atoms with Crippen LogP contribution < -0.4 is 10.5 Å². The van der Waals surface area contributed by atoms with Gasteiger partial charge in [-0.3, -0.25) is 13.7 Å². The van der Waals surface area contributed by atoms with Crippen LogP contribution in [-0.2, 0) is 37.0 Å². The number of fused-ring (bicyclic) bond motifs is 3. The van der Waals surface area contributed by atoms with Gasteiger partial charge in [0.1, 0.15) is 48.9 Å². The Morgan fingerprint density at radius 1 is 0.471 bits per heavy atom. The Kier molecular flexibility index (Phi) is 12.8. The maximum absolute atomic E-state index is 12.6. The summed E-state index contributed by atoms with van der Waals surface area (Å²) >= 11 is 0. The highest BCUT2D eigenvalue weighted by Crippen LogP contribution is 2.47. The number of anilines is 1. The van der Waals surface area contributed by atoms with Gasteiger partial charge in [0.15, 0.2) is 17.2 Å². The van der Waals surface area contributed by atoms with Gasteiger partial charge in [0.05, 0.1) is 41.9 Å². The quantitative estimate of drug-likeness (QED) is 0.0302. The minimum absolute atomic E-state index is 0.0349. The second kappa shape index (κ2) is 18.6. The Morgan fingerprint density at radius 2 is 0.971 bits per heavy atom. The lowest BCUT2D eigenvalue weighted by atomic mass is 10.1. The fourth-order valence-electron chi connectivity index (χ4n) is 6.99. The summed E-state index contributed by atoms with van der Waals surface area (Å²) in [5.74, 6) is -1.14. The summed E-state index contributed by atoms with van der Waals surface area (Å²) in [7, 11) is -13.3. The van der Waals surface area contributed by atoms with Crippen LogP contribution in [0.4, 0.5) is 51.2 Å². The average Bonchev–Trinajstić information content (AvgIpc) is 3.32. The normalized spacial score (nSPS) is 12.8. The molecule has 0 atom stereocenters. The third-order valence-electron chi connectivity index (χ3n) is 10.4. The van der Waals surface area contributed by atoms with Crippen molar-refractivity contribution in [3.63, 3.8) is 0 Å². The lowest BCUT2D eigenvalue weighted by molar-refractivity contribution is 0.281. The molecule has 0 spiro atoms. The van der Waals surface area contributed by atoms with E-state index in [0.29, 0.717) is 11.1 Å². The first-order valence-electron chi connectivity index (χ1n) is 19.8. The number of azo groups is 4. The maximum Gasteiger partial charge on any atom is 0.296 e. The van der Waals surface area contributed by atoms with Crippen molar-refractivity contribution in [3.8, 4) is 23.0 Å². The second-order valence-electron chi connectivity index (χ2n) is 14.9. The number of nitrogens with zero attached hydrogens (tertiary/aromatic N) is 8. The lowest BCUT2D eigenvalue weighted by Crippen LogP contribution is -2.01. The highest BCUT2D eigenvalue weighted by molar-refractivity contribution is 7.86. The van der Waals surface area contributed by atoms with Gasteiger partial charge in [-0.05, 0) is 113 Å². The number of phenolic OH excluding ortho intramolecular Hbond substituents is 3. The summed E-state index contributed by atoms with van der Waals surface area (Å²) in [5, 5.41) is 75.8. The highest BCUT2D eigenvalue weighted by atomic mass is 32.2. The number of benzene rings is 8. The monoisotopic (exact) mass is 1010 g/mol. The molecule has 0 radical (unpaired) electrons. The van der Waals surface area contributed by atoms with Gasteiger partial charge in [0.25, 0.3) is 30.4 Å². The molecule has 0 saturated heterocycles. The molecule has 0 amide bonds. The Morgan fingerprint density at radius 3 is 1.64 bits per heavy atom. The number of hydrogen-bond acceptors (Lipinski definition) is 20. The Balaban J connectivity index is 1.11. The Hall–Kier alpha value is -8.37. The molecule has 0 unspecified atom stereocenters. The minimum atomic E-state index is -5.04. The number of nitrogen functional groups attached to an aromatic ring is 1. The zero-order valence-corrected chi connectivity index (χ0v) is 38.0. The molecule has 0 aliphatic rings. The van der Waals surface area contributed by atoms with Crippen molar-refractivity contribution in [1.29, 1.82) is 0 Å². The van der Waals surface area contributed by atoms with E-state index in [1.165, 1.54) is 86.0 Å². The van der Waals surface area contributed by atoms with E-state index in [2.05, 4.69) is 40.9 Å². The number of rotatable bonds is 13. The largest absolute Gasteiger partial charge is 0.505 e. The zero-order chi connectivity index (χ0) is 50.3. The molecule has 0 heterocycles. The van der Waals surface area contributed by atoms with Crippen molar-refractivity contribution in [3.05, 3.63) is 121 Å². The van der Waals surface area contributed by atoms with Crippen LogP contribution in [0.2, 0.25) is 0 Å². The number of hydrogen-bond donors (Lipinski definition) is 8. The van der Waals surface area contributed by atoms with E-state index < -0.39 is 80.2 Å². The standard InChI is InChI=1S/C44H33N9O14S3/c1-67-29-10-7-26(8-11-29)46-53-41-37(70(64,65)66)18-24-3-6-28(20-31(24)43(41)56)48-52-40-36(69(61,62)63)19-25-5-15-34(44(57)38(25)39(40)45)50-47-27-9-12-30-23(17-27)4-14-33(42(30)55)51-49-32-13-2-22(21-54)16-35(32)68(58,59)60/h2-20,54-57H,21,45H2,1H3,(H,58,59,60)(H,61,62,63)(H,64,65,66). The smallest absolute Gasteiger partial charge is 0.296 e. The van der Waals surface area contributed by atoms with E-state index >= 15 is 0 Å². The minimum Gasteiger partial charge on any atom is -0.505 e. The second-order valence-corrected chi connectivity index (χ2v) is 19.0. The molecule has 8 rings (SSSR count). The first kappa shape index (κ1) is 48.1. The summed E-state index contributed by atoms with van der Waals surface area (Å²) < 4.78 is 109. The molecule has 0 aliphatic carbocycles. The summed E-state index contributed by atoms with van der Waals surface area (Å²) in [6, 6.07) is 25.7. The molecular weight excluding hydrogens is 975 g/mol. The molecular formula is C44H33N9O14S3. The van der Waals surface area contributed by atoms with Crippen molar-refractivity contribution >= 4 is 114 Å². The molecule has 8 aromatic rings. The molecule has 0 saturated carbocycles. The summed E-state index contributed by atoms with van der Waals surface area (Å²) in [6.07, 6.45) is 0. The van der Waals surface area contributed by atoms with Crippen LogP contribution in [0.15, 0.2) is 171 Å². The van der Waals surface area contributed by atoms with Gasteiger partial charge in [-0.1, -0.05) is 24.3 Å². The van der Waals surface area contributed by atoms with Gasteiger partial charge < -0.3 is 30.9 Å². The van der Waals surface area contributed by atoms with E-state index in [1.54, 1.807) is 18.2 Å². The van der Waals surface area contributed by atoms with Crippen LogP contribution in [0.5, 0.6) is 23.0 Å². The van der Waals surface area contributed by atoms with Crippen LogP contribution in [0, 0.1) is 0 Å². The topological polar surface area (TPSA) is 378 Å². The summed E-state index contributed by atoms with van der Waals surface area (Å²) in [5.41, 5.74) is 4.91. The molecule has 8 aromatic carbocycles. The molecule has 70 heavy (non-hydrogen) atoms. The van der Waals surface area contributed by atoms with Gasteiger partial charge in [0.2, 0.25) is 0 Å². The number of nitrogens with two attached hydrogens (primary N) is 1. The van der Waals surface area contributed by atoms with Gasteiger partial charge in [-0.25, -0.2) is 0 Å². The van der Waals surface area contributed by atoms with Gasteiger partial charge in [-0.15, -0.1) is 25.6 Å². The van der Waals surface area contributed by atoms with Gasteiger partial charge in [0, 0.05) is 10.8 Å². The molecule has 0 bridgehead atoms. The van der Waals surface area contributed by atoms with Gasteiger partial charge in [-0.2, -0.15) is 40.6 Å². The van der Waals surface area contributed by atoms with Gasteiger partial charge >= 0.3 is 0 Å². The number of aliphatic hydroxyl groups excluding tert-OH is 1. The van der Waals surface area contributed by atoms with Crippen molar-refractivity contribution in [2.24, 2.45) is 40.9 Å². The fourth-order valence-corrected chi connectivity index (χ4v) is 8.99. The number of ether oxygens (including phenoxy) is 1. The van der Waals surface area contributed by atoms with Crippen LogP contribution in [-0.4, -0.2) is 66.4 Å². The average molecular weight is 1010 g/mol. The van der Waals surface area contributed by atoms with Crippen LogP contribution in [0.25, 0.3) is 32.3 Å².